The lowest BCUT2D eigenvalue weighted by atomic mass is 10.3. The van der Waals surface area contributed by atoms with Gasteiger partial charge in [0.05, 0.1) is 18.2 Å². The van der Waals surface area contributed by atoms with Gasteiger partial charge in [-0.2, -0.15) is 13.2 Å². The Bertz CT molecular complexity index is 382. The van der Waals surface area contributed by atoms with Crippen LogP contribution in [0.15, 0.2) is 18.2 Å². The molecule has 0 atom stereocenters. The third kappa shape index (κ3) is 6.07. The molecule has 7 heteroatoms. The number of benzene rings is 1. The Morgan fingerprint density at radius 3 is 2.56 bits per heavy atom. The molecule has 18 heavy (non-hydrogen) atoms. The number of hydrogen-bond donors (Lipinski definition) is 0. The molecule has 1 aromatic rings. The van der Waals surface area contributed by atoms with Crippen molar-refractivity contribution in [3.8, 4) is 5.75 Å². The maximum absolute atomic E-state index is 12.8. The molecule has 1 rings (SSSR count). The second kappa shape index (κ2) is 6.80. The summed E-state index contributed by atoms with van der Waals surface area (Å²) in [5.41, 5.74) is 0. The number of hydrogen-bond acceptors (Lipinski definition) is 2. The highest BCUT2D eigenvalue weighted by Crippen LogP contribution is 2.24. The molecule has 0 radical (unpaired) electrons. The van der Waals surface area contributed by atoms with Crippen LogP contribution in [-0.4, -0.2) is 26.0 Å². The minimum atomic E-state index is -4.33. The van der Waals surface area contributed by atoms with Crippen molar-refractivity contribution in [3.05, 3.63) is 29.0 Å². The number of alkyl halides is 3. The van der Waals surface area contributed by atoms with Crippen molar-refractivity contribution >= 4 is 11.6 Å². The van der Waals surface area contributed by atoms with Crippen molar-refractivity contribution in [2.24, 2.45) is 0 Å². The van der Waals surface area contributed by atoms with Gasteiger partial charge in [0.25, 0.3) is 0 Å². The molecule has 1 aromatic carbocycles. The molecular weight excluding hydrogens is 276 g/mol. The fourth-order valence-corrected chi connectivity index (χ4v) is 1.29. The Morgan fingerprint density at radius 2 is 1.89 bits per heavy atom. The van der Waals surface area contributed by atoms with Gasteiger partial charge in [0.2, 0.25) is 0 Å². The summed E-state index contributed by atoms with van der Waals surface area (Å²) in [4.78, 5) is 0. The first kappa shape index (κ1) is 15.0. The molecule has 0 aliphatic heterocycles. The second-order valence-corrected chi connectivity index (χ2v) is 3.85. The SMILES string of the molecule is Fc1ccc(Cl)c(OCCCOCC(F)(F)F)c1. The Kier molecular flexibility index (Phi) is 5.68. The van der Waals surface area contributed by atoms with Crippen LogP contribution in [-0.2, 0) is 4.74 Å². The topological polar surface area (TPSA) is 18.5 Å². The predicted molar refractivity (Wildman–Crippen MR) is 58.4 cm³/mol. The molecule has 0 heterocycles. The first-order chi connectivity index (χ1) is 8.38. The van der Waals surface area contributed by atoms with E-state index in [9.17, 15) is 17.6 Å². The fraction of sp³-hybridized carbons (Fsp3) is 0.455. The van der Waals surface area contributed by atoms with Crippen LogP contribution in [0.2, 0.25) is 5.02 Å². The van der Waals surface area contributed by atoms with Gasteiger partial charge in [-0.25, -0.2) is 4.39 Å². The molecule has 0 saturated heterocycles. The van der Waals surface area contributed by atoms with Crippen molar-refractivity contribution in [2.45, 2.75) is 12.6 Å². The molecule has 0 unspecified atom stereocenters. The van der Waals surface area contributed by atoms with Crippen LogP contribution in [0.3, 0.4) is 0 Å². The molecule has 0 saturated carbocycles. The molecule has 102 valence electrons. The lowest BCUT2D eigenvalue weighted by Gasteiger charge is -2.09. The van der Waals surface area contributed by atoms with Crippen LogP contribution >= 0.6 is 11.6 Å². The zero-order chi connectivity index (χ0) is 13.6. The summed E-state index contributed by atoms with van der Waals surface area (Å²) in [5, 5.41) is 0.243. The van der Waals surface area contributed by atoms with E-state index >= 15 is 0 Å². The number of halogens is 5. The first-order valence-corrected chi connectivity index (χ1v) is 5.48. The maximum atomic E-state index is 12.8. The Labute approximate surface area is 106 Å². The standard InChI is InChI=1S/C11H11ClF4O2/c12-9-3-2-8(13)6-10(9)18-5-1-4-17-7-11(14,15)16/h2-3,6H,1,4-5,7H2. The van der Waals surface area contributed by atoms with Gasteiger partial charge in [-0.05, 0) is 12.1 Å². The first-order valence-electron chi connectivity index (χ1n) is 5.11. The molecule has 0 aliphatic rings. The van der Waals surface area contributed by atoms with Crippen LogP contribution < -0.4 is 4.74 Å². The lowest BCUT2D eigenvalue weighted by Crippen LogP contribution is -2.18. The smallest absolute Gasteiger partial charge is 0.411 e. The van der Waals surface area contributed by atoms with Gasteiger partial charge in [0, 0.05) is 12.5 Å². The van der Waals surface area contributed by atoms with Gasteiger partial charge in [0.1, 0.15) is 18.2 Å². The summed E-state index contributed by atoms with van der Waals surface area (Å²) in [6, 6.07) is 3.63. The van der Waals surface area contributed by atoms with Crippen molar-refractivity contribution < 1.29 is 27.0 Å². The Morgan fingerprint density at radius 1 is 1.17 bits per heavy atom. The normalized spacial score (nSPS) is 11.6. The van der Waals surface area contributed by atoms with E-state index in [1.165, 1.54) is 12.1 Å². The Hall–Kier alpha value is -1.01. The summed E-state index contributed by atoms with van der Waals surface area (Å²) < 4.78 is 57.4. The molecule has 0 aliphatic carbocycles. The van der Waals surface area contributed by atoms with Crippen molar-refractivity contribution in [1.29, 1.82) is 0 Å². The third-order valence-corrected chi connectivity index (χ3v) is 2.16. The van der Waals surface area contributed by atoms with Gasteiger partial charge in [-0.15, -0.1) is 0 Å². The monoisotopic (exact) mass is 286 g/mol. The second-order valence-electron chi connectivity index (χ2n) is 3.44. The van der Waals surface area contributed by atoms with Crippen molar-refractivity contribution in [2.75, 3.05) is 19.8 Å². The van der Waals surface area contributed by atoms with E-state index < -0.39 is 18.6 Å². The lowest BCUT2D eigenvalue weighted by molar-refractivity contribution is -0.174. The average Bonchev–Trinajstić information content (AvgIpc) is 2.26. The summed E-state index contributed by atoms with van der Waals surface area (Å²) >= 11 is 5.72. The van der Waals surface area contributed by atoms with Crippen LogP contribution in [0.4, 0.5) is 17.6 Å². The summed E-state index contributed by atoms with van der Waals surface area (Å²) in [5.74, 6) is -0.338. The van der Waals surface area contributed by atoms with Crippen LogP contribution in [0, 0.1) is 5.82 Å². The largest absolute Gasteiger partial charge is 0.492 e. The van der Waals surface area contributed by atoms with Gasteiger partial charge in [-0.3, -0.25) is 0 Å². The van der Waals surface area contributed by atoms with Crippen molar-refractivity contribution in [3.63, 3.8) is 0 Å². The molecule has 0 N–H and O–H groups in total. The highest BCUT2D eigenvalue weighted by molar-refractivity contribution is 6.32. The average molecular weight is 287 g/mol. The molecule has 0 fully saturated rings. The quantitative estimate of drug-likeness (QED) is 0.584. The minimum absolute atomic E-state index is 0.0908. The molecule has 0 spiro atoms. The van der Waals surface area contributed by atoms with E-state index in [-0.39, 0.29) is 30.4 Å². The highest BCUT2D eigenvalue weighted by atomic mass is 35.5. The number of rotatable bonds is 6. The summed E-state index contributed by atoms with van der Waals surface area (Å²) in [6.45, 7) is -1.28. The molecule has 0 aromatic heterocycles. The molecule has 2 nitrogen and oxygen atoms in total. The van der Waals surface area contributed by atoms with Crippen LogP contribution in [0.1, 0.15) is 6.42 Å². The van der Waals surface area contributed by atoms with E-state index in [0.717, 1.165) is 6.07 Å². The zero-order valence-electron chi connectivity index (χ0n) is 9.27. The van der Waals surface area contributed by atoms with E-state index in [2.05, 4.69) is 4.74 Å². The molecule has 0 amide bonds. The predicted octanol–water partition coefficient (Wildman–Crippen LogP) is 3.83. The fourth-order valence-electron chi connectivity index (χ4n) is 1.12. The van der Waals surface area contributed by atoms with Gasteiger partial charge < -0.3 is 9.47 Å². The van der Waals surface area contributed by atoms with Crippen molar-refractivity contribution in [1.82, 2.24) is 0 Å². The third-order valence-electron chi connectivity index (χ3n) is 1.85. The van der Waals surface area contributed by atoms with Gasteiger partial charge in [-0.1, -0.05) is 11.6 Å². The van der Waals surface area contributed by atoms with Crippen LogP contribution in [0.25, 0.3) is 0 Å². The van der Waals surface area contributed by atoms with Gasteiger partial charge in [0.15, 0.2) is 0 Å². The maximum Gasteiger partial charge on any atom is 0.411 e. The Balaban J connectivity index is 2.20. The highest BCUT2D eigenvalue weighted by Gasteiger charge is 2.27. The summed E-state index contributed by atoms with van der Waals surface area (Å²) in [6.07, 6.45) is -4.07. The molecule has 0 bridgehead atoms. The van der Waals surface area contributed by atoms with E-state index in [4.69, 9.17) is 16.3 Å². The van der Waals surface area contributed by atoms with E-state index in [0.29, 0.717) is 0 Å². The summed E-state index contributed by atoms with van der Waals surface area (Å²) in [7, 11) is 0. The van der Waals surface area contributed by atoms with Crippen LogP contribution in [0.5, 0.6) is 5.75 Å². The van der Waals surface area contributed by atoms with E-state index in [1.807, 2.05) is 0 Å². The molecular formula is C11H11ClF4O2. The van der Waals surface area contributed by atoms with E-state index in [1.54, 1.807) is 0 Å². The number of ether oxygens (including phenoxy) is 2. The zero-order valence-corrected chi connectivity index (χ0v) is 10.0. The minimum Gasteiger partial charge on any atom is -0.492 e. The van der Waals surface area contributed by atoms with Gasteiger partial charge >= 0.3 is 6.18 Å².